The molecule has 0 aliphatic heterocycles. The van der Waals surface area contributed by atoms with E-state index in [4.69, 9.17) is 29.6 Å². The normalized spacial score (nSPS) is 11.1. The molecule has 1 rings (SSSR count). The molecule has 17 heavy (non-hydrogen) atoms. The van der Waals surface area contributed by atoms with E-state index in [0.717, 1.165) is 5.56 Å². The highest BCUT2D eigenvalue weighted by Gasteiger charge is 2.25. The largest absolute Gasteiger partial charge is 0.391 e. The third-order valence-corrected chi connectivity index (χ3v) is 3.47. The van der Waals surface area contributed by atoms with Crippen LogP contribution in [0.4, 0.5) is 0 Å². The summed E-state index contributed by atoms with van der Waals surface area (Å²) in [5.41, 5.74) is 6.10. The molecule has 1 aromatic carbocycles. The zero-order valence-corrected chi connectivity index (χ0v) is 11.6. The number of nitrogens with one attached hydrogen (secondary N) is 1. The van der Waals surface area contributed by atoms with Gasteiger partial charge in [-0.25, -0.2) is 0 Å². The van der Waals surface area contributed by atoms with Gasteiger partial charge in [0, 0.05) is 10.6 Å². The average molecular weight is 271 g/mol. The van der Waals surface area contributed by atoms with E-state index in [9.17, 15) is 4.79 Å². The molecule has 5 heteroatoms. The van der Waals surface area contributed by atoms with E-state index < -0.39 is 5.54 Å². The average Bonchev–Trinajstić information content (AvgIpc) is 2.21. The summed E-state index contributed by atoms with van der Waals surface area (Å²) in [6.45, 7) is 5.31. The zero-order chi connectivity index (χ0) is 13.2. The standard InChI is InChI=1S/C12H15ClN2OS/c1-7-8(5-4-6-9(7)13)10(16)15-12(2,3)11(14)17/h4-6H,1-3H3,(H2,14,17)(H,15,16). The monoisotopic (exact) mass is 270 g/mol. The summed E-state index contributed by atoms with van der Waals surface area (Å²) in [6.07, 6.45) is 0. The molecule has 0 unspecified atom stereocenters. The third kappa shape index (κ3) is 3.17. The fourth-order valence-corrected chi connectivity index (χ4v) is 1.49. The maximum Gasteiger partial charge on any atom is 0.252 e. The number of carbonyl (C=O) groups is 1. The topological polar surface area (TPSA) is 55.1 Å². The number of hydrogen-bond donors (Lipinski definition) is 2. The highest BCUT2D eigenvalue weighted by Crippen LogP contribution is 2.19. The quantitative estimate of drug-likeness (QED) is 0.830. The summed E-state index contributed by atoms with van der Waals surface area (Å²) in [5.74, 6) is -0.234. The van der Waals surface area contributed by atoms with Crippen molar-refractivity contribution in [2.75, 3.05) is 0 Å². The second-order valence-corrected chi connectivity index (χ2v) is 5.20. The highest BCUT2D eigenvalue weighted by molar-refractivity contribution is 7.80. The molecule has 0 spiro atoms. The minimum atomic E-state index is -0.721. The van der Waals surface area contributed by atoms with Gasteiger partial charge in [0.25, 0.3) is 5.91 Å². The Bertz CT molecular complexity index is 472. The molecule has 0 heterocycles. The number of nitrogens with two attached hydrogens (primary N) is 1. The van der Waals surface area contributed by atoms with Gasteiger partial charge in [-0.15, -0.1) is 0 Å². The second kappa shape index (κ2) is 5.02. The first-order chi connectivity index (χ1) is 7.75. The Morgan fingerprint density at radius 2 is 2.06 bits per heavy atom. The zero-order valence-electron chi connectivity index (χ0n) is 10.0. The van der Waals surface area contributed by atoms with E-state index in [1.807, 2.05) is 0 Å². The predicted octanol–water partition coefficient (Wildman–Crippen LogP) is 2.44. The van der Waals surface area contributed by atoms with Crippen LogP contribution in [0.2, 0.25) is 5.02 Å². The van der Waals surface area contributed by atoms with Crippen LogP contribution >= 0.6 is 23.8 Å². The first kappa shape index (κ1) is 13.9. The van der Waals surface area contributed by atoms with Gasteiger partial charge in [-0.05, 0) is 38.5 Å². The molecule has 0 saturated carbocycles. The SMILES string of the molecule is Cc1c(Cl)cccc1C(=O)NC(C)(C)C(N)=S. The lowest BCUT2D eigenvalue weighted by Gasteiger charge is -2.25. The van der Waals surface area contributed by atoms with E-state index in [2.05, 4.69) is 5.32 Å². The van der Waals surface area contributed by atoms with Crippen LogP contribution in [0.15, 0.2) is 18.2 Å². The van der Waals surface area contributed by atoms with Crippen molar-refractivity contribution in [3.63, 3.8) is 0 Å². The maximum absolute atomic E-state index is 12.1. The molecule has 0 radical (unpaired) electrons. The Balaban J connectivity index is 2.99. The number of carbonyl (C=O) groups excluding carboxylic acids is 1. The molecule has 3 nitrogen and oxygen atoms in total. The fourth-order valence-electron chi connectivity index (χ4n) is 1.27. The van der Waals surface area contributed by atoms with Gasteiger partial charge in [0.1, 0.15) is 0 Å². The summed E-state index contributed by atoms with van der Waals surface area (Å²) < 4.78 is 0. The maximum atomic E-state index is 12.1. The van der Waals surface area contributed by atoms with Crippen LogP contribution in [0.3, 0.4) is 0 Å². The van der Waals surface area contributed by atoms with Gasteiger partial charge in [-0.2, -0.15) is 0 Å². The Labute approximate surface area is 111 Å². The van der Waals surface area contributed by atoms with Gasteiger partial charge in [-0.3, -0.25) is 4.79 Å². The first-order valence-electron chi connectivity index (χ1n) is 5.13. The Hall–Kier alpha value is -1.13. The minimum Gasteiger partial charge on any atom is -0.391 e. The van der Waals surface area contributed by atoms with Gasteiger partial charge in [-0.1, -0.05) is 29.9 Å². The van der Waals surface area contributed by atoms with E-state index in [-0.39, 0.29) is 10.9 Å². The molecule has 0 saturated heterocycles. The molecule has 1 aromatic rings. The van der Waals surface area contributed by atoms with Crippen LogP contribution in [-0.2, 0) is 0 Å². The molecule has 0 aliphatic rings. The lowest BCUT2D eigenvalue weighted by molar-refractivity contribution is 0.0931. The lowest BCUT2D eigenvalue weighted by Crippen LogP contribution is -2.52. The second-order valence-electron chi connectivity index (χ2n) is 4.36. The predicted molar refractivity (Wildman–Crippen MR) is 74.5 cm³/mol. The van der Waals surface area contributed by atoms with Crippen molar-refractivity contribution in [3.05, 3.63) is 34.3 Å². The lowest BCUT2D eigenvalue weighted by atomic mass is 10.0. The summed E-state index contributed by atoms with van der Waals surface area (Å²) >= 11 is 10.9. The number of hydrogen-bond acceptors (Lipinski definition) is 2. The van der Waals surface area contributed by atoms with Crippen molar-refractivity contribution in [3.8, 4) is 0 Å². The molecule has 0 aliphatic carbocycles. The van der Waals surface area contributed by atoms with E-state index in [1.54, 1.807) is 39.0 Å². The Morgan fingerprint density at radius 3 is 2.59 bits per heavy atom. The van der Waals surface area contributed by atoms with Crippen molar-refractivity contribution < 1.29 is 4.79 Å². The number of thiocarbonyl (C=S) groups is 1. The van der Waals surface area contributed by atoms with Crippen molar-refractivity contribution in [1.82, 2.24) is 5.32 Å². The first-order valence-corrected chi connectivity index (χ1v) is 5.92. The molecule has 0 aromatic heterocycles. The van der Waals surface area contributed by atoms with Gasteiger partial charge >= 0.3 is 0 Å². The molecule has 0 atom stereocenters. The number of rotatable bonds is 3. The van der Waals surface area contributed by atoms with Crippen LogP contribution in [-0.4, -0.2) is 16.4 Å². The third-order valence-electron chi connectivity index (χ3n) is 2.55. The van der Waals surface area contributed by atoms with Crippen LogP contribution in [0, 0.1) is 6.92 Å². The molecule has 92 valence electrons. The van der Waals surface area contributed by atoms with Crippen LogP contribution in [0.1, 0.15) is 29.8 Å². The van der Waals surface area contributed by atoms with Gasteiger partial charge in [0.05, 0.1) is 10.5 Å². The van der Waals surface area contributed by atoms with Gasteiger partial charge in [0.2, 0.25) is 0 Å². The summed E-state index contributed by atoms with van der Waals surface area (Å²) in [4.78, 5) is 12.3. The van der Waals surface area contributed by atoms with E-state index in [1.165, 1.54) is 0 Å². The van der Waals surface area contributed by atoms with E-state index in [0.29, 0.717) is 10.6 Å². The van der Waals surface area contributed by atoms with Gasteiger partial charge < -0.3 is 11.1 Å². The summed E-state index contributed by atoms with van der Waals surface area (Å²) in [7, 11) is 0. The summed E-state index contributed by atoms with van der Waals surface area (Å²) in [6, 6.07) is 5.19. The molecule has 0 bridgehead atoms. The molecule has 0 fully saturated rings. The van der Waals surface area contributed by atoms with Crippen molar-refractivity contribution in [1.29, 1.82) is 0 Å². The number of halogens is 1. The number of benzene rings is 1. The van der Waals surface area contributed by atoms with Crippen LogP contribution in [0.25, 0.3) is 0 Å². The van der Waals surface area contributed by atoms with Crippen molar-refractivity contribution in [2.24, 2.45) is 5.73 Å². The molecular formula is C12H15ClN2OS. The highest BCUT2D eigenvalue weighted by atomic mass is 35.5. The van der Waals surface area contributed by atoms with Crippen LogP contribution in [0.5, 0.6) is 0 Å². The van der Waals surface area contributed by atoms with Crippen LogP contribution < -0.4 is 11.1 Å². The number of amides is 1. The Morgan fingerprint density at radius 1 is 1.47 bits per heavy atom. The van der Waals surface area contributed by atoms with E-state index >= 15 is 0 Å². The molecular weight excluding hydrogens is 256 g/mol. The van der Waals surface area contributed by atoms with Gasteiger partial charge in [0.15, 0.2) is 0 Å². The fraction of sp³-hybridized carbons (Fsp3) is 0.333. The Kier molecular flexibility index (Phi) is 4.11. The smallest absolute Gasteiger partial charge is 0.252 e. The molecule has 1 amide bonds. The van der Waals surface area contributed by atoms with Crippen molar-refractivity contribution in [2.45, 2.75) is 26.3 Å². The molecule has 3 N–H and O–H groups in total. The van der Waals surface area contributed by atoms with Crippen molar-refractivity contribution >= 4 is 34.7 Å². The summed E-state index contributed by atoms with van der Waals surface area (Å²) in [5, 5.41) is 3.34. The minimum absolute atomic E-state index is 0.234.